The van der Waals surface area contributed by atoms with Crippen molar-refractivity contribution in [1.82, 2.24) is 5.32 Å². The topological polar surface area (TPSA) is 86.6 Å². The SMILES string of the molecule is CC(CC(=O)NC(CO)C(=O)O)C(C)(C)C. The van der Waals surface area contributed by atoms with Crippen molar-refractivity contribution in [3.8, 4) is 0 Å². The minimum atomic E-state index is -1.22. The molecular formula is C11H21NO4. The van der Waals surface area contributed by atoms with Gasteiger partial charge in [-0.3, -0.25) is 4.79 Å². The molecule has 0 aliphatic carbocycles. The molecule has 0 fully saturated rings. The van der Waals surface area contributed by atoms with Crippen molar-refractivity contribution in [1.29, 1.82) is 0 Å². The van der Waals surface area contributed by atoms with E-state index < -0.39 is 18.6 Å². The van der Waals surface area contributed by atoms with Gasteiger partial charge in [0.25, 0.3) is 0 Å². The average molecular weight is 231 g/mol. The van der Waals surface area contributed by atoms with Crippen LogP contribution in [-0.4, -0.2) is 34.7 Å². The Balaban J connectivity index is 4.23. The van der Waals surface area contributed by atoms with Gasteiger partial charge in [-0.2, -0.15) is 0 Å². The van der Waals surface area contributed by atoms with E-state index in [9.17, 15) is 9.59 Å². The highest BCUT2D eigenvalue weighted by molar-refractivity contribution is 5.83. The number of hydrogen-bond acceptors (Lipinski definition) is 3. The predicted octanol–water partition coefficient (Wildman–Crippen LogP) is 0.620. The van der Waals surface area contributed by atoms with Gasteiger partial charge < -0.3 is 15.5 Å². The highest BCUT2D eigenvalue weighted by Gasteiger charge is 2.25. The number of carboxylic acid groups (broad SMARTS) is 1. The van der Waals surface area contributed by atoms with E-state index in [0.29, 0.717) is 0 Å². The third kappa shape index (κ3) is 5.11. The Bertz CT molecular complexity index is 257. The average Bonchev–Trinajstić information content (AvgIpc) is 2.11. The first-order valence-electron chi connectivity index (χ1n) is 5.31. The van der Waals surface area contributed by atoms with E-state index in [0.717, 1.165) is 0 Å². The first-order valence-corrected chi connectivity index (χ1v) is 5.31. The van der Waals surface area contributed by atoms with Crippen molar-refractivity contribution in [2.24, 2.45) is 11.3 Å². The van der Waals surface area contributed by atoms with E-state index in [-0.39, 0.29) is 23.7 Å². The number of hydrogen-bond donors (Lipinski definition) is 3. The van der Waals surface area contributed by atoms with Crippen LogP contribution in [0, 0.1) is 11.3 Å². The van der Waals surface area contributed by atoms with E-state index >= 15 is 0 Å². The summed E-state index contributed by atoms with van der Waals surface area (Å²) < 4.78 is 0. The van der Waals surface area contributed by atoms with Crippen LogP contribution >= 0.6 is 0 Å². The summed E-state index contributed by atoms with van der Waals surface area (Å²) in [4.78, 5) is 22.1. The highest BCUT2D eigenvalue weighted by atomic mass is 16.4. The summed E-state index contributed by atoms with van der Waals surface area (Å²) in [6.07, 6.45) is 0.257. The molecule has 0 aliphatic heterocycles. The van der Waals surface area contributed by atoms with Gasteiger partial charge in [-0.25, -0.2) is 4.79 Å². The van der Waals surface area contributed by atoms with Crippen molar-refractivity contribution in [2.75, 3.05) is 6.61 Å². The zero-order valence-corrected chi connectivity index (χ0v) is 10.3. The first-order chi connectivity index (χ1) is 7.18. The predicted molar refractivity (Wildman–Crippen MR) is 59.9 cm³/mol. The molecule has 0 aromatic carbocycles. The fourth-order valence-electron chi connectivity index (χ4n) is 1.02. The number of amides is 1. The molecule has 2 atom stereocenters. The van der Waals surface area contributed by atoms with Crippen LogP contribution < -0.4 is 5.32 Å². The molecule has 0 spiro atoms. The number of carbonyl (C=O) groups excluding carboxylic acids is 1. The molecule has 0 aromatic rings. The van der Waals surface area contributed by atoms with Crippen LogP contribution in [0.25, 0.3) is 0 Å². The Morgan fingerprint density at radius 2 is 1.81 bits per heavy atom. The van der Waals surface area contributed by atoms with E-state index in [1.165, 1.54) is 0 Å². The van der Waals surface area contributed by atoms with E-state index in [2.05, 4.69) is 5.32 Å². The third-order valence-electron chi connectivity index (χ3n) is 2.79. The van der Waals surface area contributed by atoms with Crippen molar-refractivity contribution in [3.63, 3.8) is 0 Å². The van der Waals surface area contributed by atoms with Gasteiger partial charge in [0.15, 0.2) is 0 Å². The van der Waals surface area contributed by atoms with Gasteiger partial charge in [0.1, 0.15) is 6.04 Å². The minimum absolute atomic E-state index is 0.00469. The fraction of sp³-hybridized carbons (Fsp3) is 0.818. The lowest BCUT2D eigenvalue weighted by Crippen LogP contribution is -2.44. The molecule has 94 valence electrons. The Hall–Kier alpha value is -1.10. The molecule has 0 saturated carbocycles. The van der Waals surface area contributed by atoms with Crippen molar-refractivity contribution in [3.05, 3.63) is 0 Å². The molecule has 3 N–H and O–H groups in total. The molecular weight excluding hydrogens is 210 g/mol. The molecule has 5 heteroatoms. The monoisotopic (exact) mass is 231 g/mol. The van der Waals surface area contributed by atoms with Crippen molar-refractivity contribution >= 4 is 11.9 Å². The van der Waals surface area contributed by atoms with Crippen LogP contribution in [0.5, 0.6) is 0 Å². The second kappa shape index (κ2) is 5.84. The Morgan fingerprint density at radius 3 is 2.12 bits per heavy atom. The van der Waals surface area contributed by atoms with Gasteiger partial charge in [-0.15, -0.1) is 0 Å². The maximum Gasteiger partial charge on any atom is 0.328 e. The molecule has 0 radical (unpaired) electrons. The van der Waals surface area contributed by atoms with Gasteiger partial charge in [-0.05, 0) is 11.3 Å². The zero-order valence-electron chi connectivity index (χ0n) is 10.3. The molecule has 16 heavy (non-hydrogen) atoms. The number of rotatable bonds is 5. The second-order valence-electron chi connectivity index (χ2n) is 5.11. The third-order valence-corrected chi connectivity index (χ3v) is 2.79. The maximum absolute atomic E-state index is 11.5. The Kier molecular flexibility index (Phi) is 5.44. The van der Waals surface area contributed by atoms with Crippen molar-refractivity contribution in [2.45, 2.75) is 40.2 Å². The molecule has 0 rings (SSSR count). The number of carboxylic acids is 1. The molecule has 0 saturated heterocycles. The number of aliphatic hydroxyl groups excluding tert-OH is 1. The molecule has 0 aromatic heterocycles. The summed E-state index contributed by atoms with van der Waals surface area (Å²) in [6, 6.07) is -1.21. The summed E-state index contributed by atoms with van der Waals surface area (Å²) in [5.41, 5.74) is -0.00469. The van der Waals surface area contributed by atoms with Gasteiger partial charge >= 0.3 is 5.97 Å². The summed E-state index contributed by atoms with van der Waals surface area (Å²) >= 11 is 0. The molecule has 2 unspecified atom stereocenters. The van der Waals surface area contributed by atoms with Gasteiger partial charge in [0, 0.05) is 6.42 Å². The van der Waals surface area contributed by atoms with Crippen LogP contribution in [-0.2, 0) is 9.59 Å². The highest BCUT2D eigenvalue weighted by Crippen LogP contribution is 2.27. The van der Waals surface area contributed by atoms with Gasteiger partial charge in [-0.1, -0.05) is 27.7 Å². The van der Waals surface area contributed by atoms with Crippen LogP contribution in [0.15, 0.2) is 0 Å². The standard InChI is InChI=1S/C11H21NO4/c1-7(11(2,3)4)5-9(14)12-8(6-13)10(15)16/h7-8,13H,5-6H2,1-4H3,(H,12,14)(H,15,16). The van der Waals surface area contributed by atoms with Gasteiger partial charge in [0.05, 0.1) is 6.61 Å². The Labute approximate surface area is 95.9 Å². The zero-order chi connectivity index (χ0) is 12.9. The van der Waals surface area contributed by atoms with E-state index in [1.54, 1.807) is 0 Å². The molecule has 0 aliphatic rings. The normalized spacial score (nSPS) is 15.3. The van der Waals surface area contributed by atoms with Crippen LogP contribution in [0.4, 0.5) is 0 Å². The van der Waals surface area contributed by atoms with Crippen molar-refractivity contribution < 1.29 is 19.8 Å². The number of nitrogens with one attached hydrogen (secondary N) is 1. The van der Waals surface area contributed by atoms with Gasteiger partial charge in [0.2, 0.25) is 5.91 Å². The largest absolute Gasteiger partial charge is 0.480 e. The van der Waals surface area contributed by atoms with E-state index in [1.807, 2.05) is 27.7 Å². The summed E-state index contributed by atoms with van der Waals surface area (Å²) in [6.45, 7) is 7.41. The number of carbonyl (C=O) groups is 2. The summed E-state index contributed by atoms with van der Waals surface area (Å²) in [5.74, 6) is -1.43. The molecule has 0 heterocycles. The maximum atomic E-state index is 11.5. The quantitative estimate of drug-likeness (QED) is 0.647. The molecule has 1 amide bonds. The van der Waals surface area contributed by atoms with Crippen LogP contribution in [0.1, 0.15) is 34.1 Å². The number of aliphatic hydroxyl groups is 1. The summed E-state index contributed by atoms with van der Waals surface area (Å²) in [7, 11) is 0. The fourth-order valence-corrected chi connectivity index (χ4v) is 1.02. The second-order valence-corrected chi connectivity index (χ2v) is 5.11. The lowest BCUT2D eigenvalue weighted by Gasteiger charge is -2.27. The summed E-state index contributed by atoms with van der Waals surface area (Å²) in [5, 5.41) is 19.7. The smallest absolute Gasteiger partial charge is 0.328 e. The molecule has 0 bridgehead atoms. The minimum Gasteiger partial charge on any atom is -0.480 e. The first kappa shape index (κ1) is 14.9. The van der Waals surface area contributed by atoms with Crippen LogP contribution in [0.2, 0.25) is 0 Å². The Morgan fingerprint density at radius 1 is 1.31 bits per heavy atom. The van der Waals surface area contributed by atoms with E-state index in [4.69, 9.17) is 10.2 Å². The molecule has 5 nitrogen and oxygen atoms in total. The van der Waals surface area contributed by atoms with Crippen LogP contribution in [0.3, 0.4) is 0 Å². The lowest BCUT2D eigenvalue weighted by molar-refractivity contribution is -0.143. The number of aliphatic carboxylic acids is 1. The lowest BCUT2D eigenvalue weighted by atomic mass is 9.80.